The van der Waals surface area contributed by atoms with Gasteiger partial charge in [-0.05, 0) is 64.3 Å². The van der Waals surface area contributed by atoms with E-state index in [1.54, 1.807) is 30.2 Å². The molecule has 3 heterocycles. The molecule has 1 aliphatic heterocycles. The lowest BCUT2D eigenvalue weighted by Gasteiger charge is -2.48. The van der Waals surface area contributed by atoms with E-state index in [2.05, 4.69) is 9.97 Å². The maximum absolute atomic E-state index is 13.5. The van der Waals surface area contributed by atoms with E-state index in [1.165, 1.54) is 19.9 Å². The SMILES string of the molecule is CC(=O)N1CCC(O)(c2cc3/c(=N/C(C)c4cccc(C(F)(F)F)c4C)nc(C)n(C)c3cn2)CC1(C)C. The van der Waals surface area contributed by atoms with Crippen molar-refractivity contribution in [3.05, 3.63) is 64.2 Å². The zero-order valence-electron chi connectivity index (χ0n) is 22.8. The Morgan fingerprint density at radius 1 is 1.24 bits per heavy atom. The highest BCUT2D eigenvalue weighted by molar-refractivity contribution is 5.78. The molecule has 1 aromatic carbocycles. The number of aliphatic hydroxyl groups is 1. The zero-order chi connectivity index (χ0) is 28.2. The van der Waals surface area contributed by atoms with E-state index in [4.69, 9.17) is 4.99 Å². The Morgan fingerprint density at radius 3 is 2.53 bits per heavy atom. The standard InChI is InChI=1S/C28H34F3N5O2/c1-16-20(9-8-10-22(16)28(29,30)31)17(2)33-25-21-13-24(32-14-23(21)35(7)18(3)34-25)27(38)11-12-36(19(4)37)26(5,6)15-27/h8-10,13-14,17,38H,11-12,15H2,1-7H3/b33-25-. The molecule has 7 nitrogen and oxygen atoms in total. The highest BCUT2D eigenvalue weighted by Gasteiger charge is 2.46. The summed E-state index contributed by atoms with van der Waals surface area (Å²) in [5.41, 5.74) is -0.376. The average molecular weight is 530 g/mol. The van der Waals surface area contributed by atoms with Crippen LogP contribution in [0.25, 0.3) is 10.9 Å². The fraction of sp³-hybridized carbons (Fsp3) is 0.500. The molecule has 3 aromatic rings. The third-order valence-corrected chi connectivity index (χ3v) is 7.75. The number of amides is 1. The van der Waals surface area contributed by atoms with Gasteiger partial charge in [-0.2, -0.15) is 13.2 Å². The molecule has 10 heteroatoms. The molecule has 1 amide bonds. The summed E-state index contributed by atoms with van der Waals surface area (Å²) in [5.74, 6) is 0.614. The second-order valence-electron chi connectivity index (χ2n) is 10.9. The van der Waals surface area contributed by atoms with Crippen molar-refractivity contribution in [1.82, 2.24) is 19.4 Å². The predicted octanol–water partition coefficient (Wildman–Crippen LogP) is 4.87. The summed E-state index contributed by atoms with van der Waals surface area (Å²) < 4.78 is 42.4. The number of halogens is 3. The second-order valence-corrected chi connectivity index (χ2v) is 10.9. The number of piperidine rings is 1. The lowest BCUT2D eigenvalue weighted by Crippen LogP contribution is -2.56. The smallest absolute Gasteiger partial charge is 0.383 e. The number of pyridine rings is 1. The molecule has 0 radical (unpaired) electrons. The van der Waals surface area contributed by atoms with E-state index in [1.807, 2.05) is 32.4 Å². The fourth-order valence-corrected chi connectivity index (χ4v) is 5.68. The molecule has 1 fully saturated rings. The monoisotopic (exact) mass is 529 g/mol. The number of aryl methyl sites for hydroxylation is 2. The van der Waals surface area contributed by atoms with Crippen molar-refractivity contribution in [1.29, 1.82) is 0 Å². The number of nitrogens with zero attached hydrogens (tertiary/aromatic N) is 5. The van der Waals surface area contributed by atoms with Crippen molar-refractivity contribution in [2.24, 2.45) is 12.0 Å². The Kier molecular flexibility index (Phi) is 6.93. The minimum Gasteiger partial charge on any atom is -0.383 e. The molecule has 38 heavy (non-hydrogen) atoms. The van der Waals surface area contributed by atoms with Gasteiger partial charge in [0.1, 0.15) is 11.4 Å². The van der Waals surface area contributed by atoms with Gasteiger partial charge in [0.05, 0.1) is 29.0 Å². The van der Waals surface area contributed by atoms with Gasteiger partial charge < -0.3 is 14.6 Å². The minimum absolute atomic E-state index is 0.0461. The Labute approximate surface area is 220 Å². The minimum atomic E-state index is -4.45. The number of likely N-dealkylation sites (tertiary alicyclic amines) is 1. The average Bonchev–Trinajstić information content (AvgIpc) is 2.80. The summed E-state index contributed by atoms with van der Waals surface area (Å²) in [5, 5.41) is 12.3. The summed E-state index contributed by atoms with van der Waals surface area (Å²) >= 11 is 0. The van der Waals surface area contributed by atoms with Gasteiger partial charge in [-0.25, -0.2) is 4.98 Å². The molecular formula is C28H34F3N5O2. The maximum atomic E-state index is 13.5. The van der Waals surface area contributed by atoms with Crippen LogP contribution in [-0.4, -0.2) is 42.5 Å². The van der Waals surface area contributed by atoms with E-state index in [9.17, 15) is 23.1 Å². The van der Waals surface area contributed by atoms with E-state index >= 15 is 0 Å². The normalized spacial score (nSPS) is 21.1. The molecule has 204 valence electrons. The molecule has 1 aliphatic rings. The third-order valence-electron chi connectivity index (χ3n) is 7.75. The number of hydrogen-bond donors (Lipinski definition) is 1. The first kappa shape index (κ1) is 27.8. The van der Waals surface area contributed by atoms with E-state index < -0.39 is 28.9 Å². The van der Waals surface area contributed by atoms with Gasteiger partial charge in [-0.1, -0.05) is 12.1 Å². The molecule has 2 atom stereocenters. The van der Waals surface area contributed by atoms with Gasteiger partial charge in [-0.15, -0.1) is 0 Å². The molecule has 0 aliphatic carbocycles. The van der Waals surface area contributed by atoms with Crippen LogP contribution in [0.15, 0.2) is 35.5 Å². The first-order chi connectivity index (χ1) is 17.5. The largest absolute Gasteiger partial charge is 0.416 e. The van der Waals surface area contributed by atoms with Crippen molar-refractivity contribution >= 4 is 16.8 Å². The van der Waals surface area contributed by atoms with Crippen LogP contribution in [0.5, 0.6) is 0 Å². The third kappa shape index (κ3) is 4.93. The summed E-state index contributed by atoms with van der Waals surface area (Å²) in [6, 6.07) is 5.29. The topological polar surface area (TPSA) is 83.6 Å². The first-order valence-corrected chi connectivity index (χ1v) is 12.6. The molecule has 1 saturated heterocycles. The molecular weight excluding hydrogens is 495 g/mol. The highest BCUT2D eigenvalue weighted by atomic mass is 19.4. The van der Waals surface area contributed by atoms with E-state index in [-0.39, 0.29) is 11.5 Å². The molecule has 1 N–H and O–H groups in total. The van der Waals surface area contributed by atoms with Crippen LogP contribution < -0.4 is 5.49 Å². The number of carbonyl (C=O) groups excluding carboxylic acids is 1. The second kappa shape index (κ2) is 9.48. The van der Waals surface area contributed by atoms with Crippen LogP contribution in [0, 0.1) is 13.8 Å². The van der Waals surface area contributed by atoms with Crippen LogP contribution in [0.1, 0.15) is 74.8 Å². The van der Waals surface area contributed by atoms with Crippen LogP contribution in [0.3, 0.4) is 0 Å². The number of rotatable bonds is 3. The van der Waals surface area contributed by atoms with Crippen molar-refractivity contribution in [3.8, 4) is 0 Å². The summed E-state index contributed by atoms with van der Waals surface area (Å²) in [4.78, 5) is 27.9. The van der Waals surface area contributed by atoms with Crippen molar-refractivity contribution in [3.63, 3.8) is 0 Å². The molecule has 2 aromatic heterocycles. The summed E-state index contributed by atoms with van der Waals surface area (Å²) in [6.45, 7) is 10.8. The van der Waals surface area contributed by atoms with Gasteiger partial charge in [0.25, 0.3) is 0 Å². The highest BCUT2D eigenvalue weighted by Crippen LogP contribution is 2.41. The Morgan fingerprint density at radius 2 is 1.92 bits per heavy atom. The number of benzene rings is 1. The van der Waals surface area contributed by atoms with Crippen molar-refractivity contribution in [2.75, 3.05) is 6.54 Å². The number of hydrogen-bond acceptors (Lipinski definition) is 5. The van der Waals surface area contributed by atoms with Crippen LogP contribution in [0.2, 0.25) is 0 Å². The van der Waals surface area contributed by atoms with Gasteiger partial charge >= 0.3 is 6.18 Å². The van der Waals surface area contributed by atoms with Gasteiger partial charge in [-0.3, -0.25) is 14.8 Å². The molecule has 0 saturated carbocycles. The molecule has 2 unspecified atom stereocenters. The Hall–Kier alpha value is -3.27. The van der Waals surface area contributed by atoms with E-state index in [0.717, 1.165) is 11.6 Å². The van der Waals surface area contributed by atoms with Crippen molar-refractivity contribution in [2.45, 2.75) is 77.7 Å². The molecule has 0 spiro atoms. The number of alkyl halides is 3. The molecule has 4 rings (SSSR count). The van der Waals surface area contributed by atoms with Gasteiger partial charge in [0.15, 0.2) is 5.49 Å². The molecule has 0 bridgehead atoms. The van der Waals surface area contributed by atoms with Gasteiger partial charge in [0.2, 0.25) is 5.91 Å². The van der Waals surface area contributed by atoms with E-state index in [0.29, 0.717) is 47.3 Å². The Bertz CT molecular complexity index is 1480. The van der Waals surface area contributed by atoms with Crippen molar-refractivity contribution < 1.29 is 23.1 Å². The van der Waals surface area contributed by atoms with Gasteiger partial charge in [0, 0.05) is 37.9 Å². The van der Waals surface area contributed by atoms with Crippen LogP contribution in [0.4, 0.5) is 13.2 Å². The Balaban J connectivity index is 1.85. The number of carbonyl (C=O) groups is 1. The first-order valence-electron chi connectivity index (χ1n) is 12.6. The van der Waals surface area contributed by atoms with Crippen LogP contribution in [-0.2, 0) is 23.6 Å². The maximum Gasteiger partial charge on any atom is 0.416 e. The number of aromatic nitrogens is 3. The zero-order valence-corrected chi connectivity index (χ0v) is 22.8. The summed E-state index contributed by atoms with van der Waals surface area (Å²) in [7, 11) is 1.85. The summed E-state index contributed by atoms with van der Waals surface area (Å²) in [6.07, 6.45) is -2.16. The predicted molar refractivity (Wildman–Crippen MR) is 138 cm³/mol. The van der Waals surface area contributed by atoms with Crippen LogP contribution >= 0.6 is 0 Å². The fourth-order valence-electron chi connectivity index (χ4n) is 5.68. The number of fused-ring (bicyclic) bond motifs is 1. The quantitative estimate of drug-likeness (QED) is 0.525. The lowest BCUT2D eigenvalue weighted by molar-refractivity contribution is -0.145. The lowest BCUT2D eigenvalue weighted by atomic mass is 9.77.